The maximum absolute atomic E-state index is 11.8. The third kappa shape index (κ3) is 2.33. The maximum atomic E-state index is 11.8. The summed E-state index contributed by atoms with van der Waals surface area (Å²) in [6.45, 7) is 1.77. The van der Waals surface area contributed by atoms with Gasteiger partial charge >= 0.3 is 5.97 Å². The van der Waals surface area contributed by atoms with Gasteiger partial charge in [-0.05, 0) is 13.0 Å². The Hall–Kier alpha value is -2.17. The van der Waals surface area contributed by atoms with E-state index in [4.69, 9.17) is 5.11 Å². The van der Waals surface area contributed by atoms with Crippen molar-refractivity contribution >= 4 is 23.3 Å². The number of hydrogen-bond acceptors (Lipinski definition) is 3. The monoisotopic (exact) mass is 232 g/mol. The normalized spacial score (nSPS) is 18.8. The van der Waals surface area contributed by atoms with Gasteiger partial charge in [0.15, 0.2) is 0 Å². The number of carbonyl (C=O) groups excluding carboxylic acids is 1. The second-order valence-electron chi connectivity index (χ2n) is 3.86. The van der Waals surface area contributed by atoms with Crippen molar-refractivity contribution in [3.63, 3.8) is 0 Å². The first kappa shape index (κ1) is 11.3. The van der Waals surface area contributed by atoms with E-state index in [-0.39, 0.29) is 12.3 Å². The van der Waals surface area contributed by atoms with Gasteiger partial charge < -0.3 is 10.4 Å². The molecular formula is C12H12N2O3. The van der Waals surface area contributed by atoms with Gasteiger partial charge in [-0.3, -0.25) is 14.6 Å². The maximum Gasteiger partial charge on any atom is 0.306 e. The van der Waals surface area contributed by atoms with Crippen molar-refractivity contribution in [3.05, 3.63) is 29.8 Å². The summed E-state index contributed by atoms with van der Waals surface area (Å²) < 4.78 is 0. The Bertz CT molecular complexity index is 508. The lowest BCUT2D eigenvalue weighted by Gasteiger charge is -2.07. The zero-order valence-electron chi connectivity index (χ0n) is 9.30. The molecule has 0 spiro atoms. The van der Waals surface area contributed by atoms with Crippen molar-refractivity contribution in [2.24, 2.45) is 4.99 Å². The summed E-state index contributed by atoms with van der Waals surface area (Å²) in [6, 6.07) is 6.42. The Morgan fingerprint density at radius 1 is 1.47 bits per heavy atom. The number of carbonyl (C=O) groups is 2. The van der Waals surface area contributed by atoms with Gasteiger partial charge in [-0.2, -0.15) is 0 Å². The summed E-state index contributed by atoms with van der Waals surface area (Å²) in [5.41, 5.74) is 2.17. The molecule has 0 bridgehead atoms. The van der Waals surface area contributed by atoms with E-state index in [2.05, 4.69) is 10.3 Å². The van der Waals surface area contributed by atoms with E-state index in [1.165, 1.54) is 0 Å². The Morgan fingerprint density at radius 3 is 2.88 bits per heavy atom. The predicted molar refractivity (Wildman–Crippen MR) is 63.3 cm³/mol. The summed E-state index contributed by atoms with van der Waals surface area (Å²) in [4.78, 5) is 26.6. The Labute approximate surface area is 98.2 Å². The number of benzodiazepines with no additional fused rings is 1. The summed E-state index contributed by atoms with van der Waals surface area (Å²) in [7, 11) is 0. The molecule has 0 saturated carbocycles. The van der Waals surface area contributed by atoms with E-state index >= 15 is 0 Å². The summed E-state index contributed by atoms with van der Waals surface area (Å²) >= 11 is 0. The van der Waals surface area contributed by atoms with Crippen LogP contribution in [0.5, 0.6) is 0 Å². The van der Waals surface area contributed by atoms with E-state index in [0.717, 1.165) is 5.56 Å². The quantitative estimate of drug-likeness (QED) is 0.806. The summed E-state index contributed by atoms with van der Waals surface area (Å²) in [6.07, 6.45) is -0.294. The molecule has 1 heterocycles. The van der Waals surface area contributed by atoms with Crippen molar-refractivity contribution in [2.75, 3.05) is 5.32 Å². The predicted octanol–water partition coefficient (Wildman–Crippen LogP) is 1.29. The molecular weight excluding hydrogens is 220 g/mol. The molecule has 0 aliphatic carbocycles. The fraction of sp³-hybridized carbons (Fsp3) is 0.250. The number of aliphatic carboxylic acids is 1. The standard InChI is InChI=1S/C12H12N2O3/c1-7-8-4-2-3-5-9(8)14-12(17)10(13-7)6-11(15)16/h2-5,10H,6H2,1H3,(H,14,17)(H,15,16)/t10-/m0/s1. The molecule has 88 valence electrons. The highest BCUT2D eigenvalue weighted by atomic mass is 16.4. The molecule has 0 radical (unpaired) electrons. The van der Waals surface area contributed by atoms with Crippen LogP contribution in [0.25, 0.3) is 0 Å². The smallest absolute Gasteiger partial charge is 0.306 e. The number of nitrogens with one attached hydrogen (secondary N) is 1. The van der Waals surface area contributed by atoms with Crippen LogP contribution in [-0.2, 0) is 9.59 Å². The number of amides is 1. The Kier molecular flexibility index (Phi) is 2.91. The number of fused-ring (bicyclic) bond motifs is 1. The highest BCUT2D eigenvalue weighted by Gasteiger charge is 2.25. The molecule has 0 saturated heterocycles. The molecule has 1 aliphatic heterocycles. The molecule has 1 aromatic carbocycles. The number of para-hydroxylation sites is 1. The van der Waals surface area contributed by atoms with Crippen LogP contribution in [-0.4, -0.2) is 28.7 Å². The molecule has 17 heavy (non-hydrogen) atoms. The number of benzene rings is 1. The molecule has 1 amide bonds. The average Bonchev–Trinajstić information content (AvgIpc) is 2.38. The molecule has 2 N–H and O–H groups in total. The van der Waals surface area contributed by atoms with Gasteiger partial charge in [0.1, 0.15) is 6.04 Å². The fourth-order valence-corrected chi connectivity index (χ4v) is 1.79. The highest BCUT2D eigenvalue weighted by Crippen LogP contribution is 2.21. The molecule has 5 nitrogen and oxygen atoms in total. The molecule has 0 aromatic heterocycles. The molecule has 1 atom stereocenters. The summed E-state index contributed by atoms with van der Waals surface area (Å²) in [5, 5.41) is 11.4. The Balaban J connectivity index is 2.39. The minimum absolute atomic E-state index is 0.294. The van der Waals surface area contributed by atoms with Crippen molar-refractivity contribution in [2.45, 2.75) is 19.4 Å². The first-order valence-electron chi connectivity index (χ1n) is 5.24. The van der Waals surface area contributed by atoms with E-state index in [1.54, 1.807) is 13.0 Å². The van der Waals surface area contributed by atoms with Crippen LogP contribution in [0.15, 0.2) is 29.3 Å². The van der Waals surface area contributed by atoms with Crippen molar-refractivity contribution in [1.82, 2.24) is 0 Å². The van der Waals surface area contributed by atoms with Crippen molar-refractivity contribution in [3.8, 4) is 0 Å². The van der Waals surface area contributed by atoms with Crippen LogP contribution in [0.2, 0.25) is 0 Å². The molecule has 2 rings (SSSR count). The second kappa shape index (κ2) is 4.37. The molecule has 0 unspecified atom stereocenters. The van der Waals surface area contributed by atoms with Gasteiger partial charge in [0.05, 0.1) is 6.42 Å². The minimum Gasteiger partial charge on any atom is -0.481 e. The first-order chi connectivity index (χ1) is 8.08. The van der Waals surface area contributed by atoms with Crippen LogP contribution < -0.4 is 5.32 Å². The van der Waals surface area contributed by atoms with E-state index in [0.29, 0.717) is 11.4 Å². The SMILES string of the molecule is CC1=N[C@@H](CC(=O)O)C(=O)Nc2ccccc21. The van der Waals surface area contributed by atoms with Gasteiger partial charge in [-0.25, -0.2) is 0 Å². The number of carboxylic acids is 1. The number of nitrogens with zero attached hydrogens (tertiary/aromatic N) is 1. The van der Waals surface area contributed by atoms with E-state index < -0.39 is 12.0 Å². The lowest BCUT2D eigenvalue weighted by molar-refractivity contribution is -0.138. The van der Waals surface area contributed by atoms with Crippen LogP contribution in [0.4, 0.5) is 5.69 Å². The van der Waals surface area contributed by atoms with Crippen LogP contribution in [0.1, 0.15) is 18.9 Å². The topological polar surface area (TPSA) is 78.8 Å². The van der Waals surface area contributed by atoms with Crippen molar-refractivity contribution in [1.29, 1.82) is 0 Å². The lowest BCUT2D eigenvalue weighted by atomic mass is 10.1. The zero-order chi connectivity index (χ0) is 12.4. The third-order valence-electron chi connectivity index (χ3n) is 2.59. The van der Waals surface area contributed by atoms with Crippen LogP contribution in [0, 0.1) is 0 Å². The minimum atomic E-state index is -1.03. The van der Waals surface area contributed by atoms with Gasteiger partial charge in [-0.1, -0.05) is 18.2 Å². The largest absolute Gasteiger partial charge is 0.481 e. The molecule has 1 aromatic rings. The zero-order valence-corrected chi connectivity index (χ0v) is 9.30. The lowest BCUT2D eigenvalue weighted by Crippen LogP contribution is -2.27. The fourth-order valence-electron chi connectivity index (χ4n) is 1.79. The number of anilines is 1. The van der Waals surface area contributed by atoms with E-state index in [1.807, 2.05) is 18.2 Å². The third-order valence-corrected chi connectivity index (χ3v) is 2.59. The van der Waals surface area contributed by atoms with Gasteiger partial charge in [0, 0.05) is 17.0 Å². The number of carboxylic acid groups (broad SMARTS) is 1. The second-order valence-corrected chi connectivity index (χ2v) is 3.86. The highest BCUT2D eigenvalue weighted by molar-refractivity contribution is 6.11. The van der Waals surface area contributed by atoms with Crippen LogP contribution >= 0.6 is 0 Å². The first-order valence-corrected chi connectivity index (χ1v) is 5.24. The number of rotatable bonds is 2. The van der Waals surface area contributed by atoms with E-state index in [9.17, 15) is 9.59 Å². The molecule has 1 aliphatic rings. The van der Waals surface area contributed by atoms with Crippen LogP contribution in [0.3, 0.4) is 0 Å². The number of aliphatic imine (C=N–C) groups is 1. The molecule has 5 heteroatoms. The van der Waals surface area contributed by atoms with Gasteiger partial charge in [0.25, 0.3) is 0 Å². The van der Waals surface area contributed by atoms with Crippen molar-refractivity contribution < 1.29 is 14.7 Å². The molecule has 0 fully saturated rings. The average molecular weight is 232 g/mol. The number of hydrogen-bond donors (Lipinski definition) is 2. The Morgan fingerprint density at radius 2 is 2.18 bits per heavy atom. The summed E-state index contributed by atoms with van der Waals surface area (Å²) in [5.74, 6) is -1.41. The van der Waals surface area contributed by atoms with Gasteiger partial charge in [-0.15, -0.1) is 0 Å². The van der Waals surface area contributed by atoms with Gasteiger partial charge in [0.2, 0.25) is 5.91 Å².